The van der Waals surface area contributed by atoms with Crippen molar-refractivity contribution in [2.75, 3.05) is 18.0 Å². The Labute approximate surface area is 90.3 Å². The van der Waals surface area contributed by atoms with E-state index in [1.807, 2.05) is 18.3 Å². The third kappa shape index (κ3) is 1.82. The SMILES string of the molecule is O=CC1CN(c2ccc(I)cn2)C1. The van der Waals surface area contributed by atoms with Crippen molar-refractivity contribution in [2.45, 2.75) is 0 Å². The predicted molar refractivity (Wildman–Crippen MR) is 58.7 cm³/mol. The minimum absolute atomic E-state index is 0.209. The molecule has 0 unspecified atom stereocenters. The van der Waals surface area contributed by atoms with Crippen LogP contribution < -0.4 is 4.90 Å². The summed E-state index contributed by atoms with van der Waals surface area (Å²) >= 11 is 2.22. The van der Waals surface area contributed by atoms with Gasteiger partial charge in [0.05, 0.1) is 0 Å². The summed E-state index contributed by atoms with van der Waals surface area (Å²) in [5.74, 6) is 1.18. The molecule has 68 valence electrons. The minimum atomic E-state index is 0.209. The molecular formula is C9H9IN2O. The smallest absolute Gasteiger partial charge is 0.128 e. The van der Waals surface area contributed by atoms with Crippen LogP contribution in [0.1, 0.15) is 0 Å². The lowest BCUT2D eigenvalue weighted by Crippen LogP contribution is -2.47. The van der Waals surface area contributed by atoms with Crippen LogP contribution in [0.2, 0.25) is 0 Å². The molecule has 1 aromatic rings. The lowest BCUT2D eigenvalue weighted by Gasteiger charge is -2.37. The predicted octanol–water partition coefficient (Wildman–Crippen LogP) is 1.32. The van der Waals surface area contributed by atoms with Gasteiger partial charge >= 0.3 is 0 Å². The highest BCUT2D eigenvalue weighted by Gasteiger charge is 2.26. The van der Waals surface area contributed by atoms with E-state index in [1.54, 1.807) is 0 Å². The second kappa shape index (κ2) is 3.61. The number of aromatic nitrogens is 1. The second-order valence-corrected chi connectivity index (χ2v) is 4.38. The van der Waals surface area contributed by atoms with Gasteiger partial charge < -0.3 is 9.69 Å². The first kappa shape index (κ1) is 8.93. The van der Waals surface area contributed by atoms with E-state index in [1.165, 1.54) is 0 Å². The van der Waals surface area contributed by atoms with Crippen LogP contribution in [0.4, 0.5) is 5.82 Å². The minimum Gasteiger partial charge on any atom is -0.355 e. The molecule has 0 atom stereocenters. The van der Waals surface area contributed by atoms with E-state index in [9.17, 15) is 4.79 Å². The van der Waals surface area contributed by atoms with Crippen molar-refractivity contribution in [2.24, 2.45) is 5.92 Å². The van der Waals surface area contributed by atoms with Gasteiger partial charge in [0.25, 0.3) is 0 Å². The maximum absolute atomic E-state index is 10.4. The van der Waals surface area contributed by atoms with Crippen molar-refractivity contribution < 1.29 is 4.79 Å². The quantitative estimate of drug-likeness (QED) is 0.608. The van der Waals surface area contributed by atoms with Crippen LogP contribution >= 0.6 is 22.6 Å². The number of carbonyl (C=O) groups excluding carboxylic acids is 1. The molecule has 0 aliphatic carbocycles. The zero-order valence-corrected chi connectivity index (χ0v) is 9.14. The first-order valence-electron chi connectivity index (χ1n) is 4.11. The van der Waals surface area contributed by atoms with E-state index in [-0.39, 0.29) is 5.92 Å². The Morgan fingerprint density at radius 1 is 1.54 bits per heavy atom. The Hall–Kier alpha value is -0.650. The summed E-state index contributed by atoms with van der Waals surface area (Å²) in [6.45, 7) is 1.63. The van der Waals surface area contributed by atoms with Crippen LogP contribution in [0.25, 0.3) is 0 Å². The Bertz CT molecular complexity index is 306. The van der Waals surface area contributed by atoms with Gasteiger partial charge in [-0.15, -0.1) is 0 Å². The van der Waals surface area contributed by atoms with Crippen LogP contribution in [-0.2, 0) is 4.79 Å². The molecule has 4 heteroatoms. The summed E-state index contributed by atoms with van der Waals surface area (Å²) in [5, 5.41) is 0. The highest BCUT2D eigenvalue weighted by atomic mass is 127. The van der Waals surface area contributed by atoms with Crippen molar-refractivity contribution in [3.63, 3.8) is 0 Å². The van der Waals surface area contributed by atoms with E-state index >= 15 is 0 Å². The van der Waals surface area contributed by atoms with Gasteiger partial charge in [0.2, 0.25) is 0 Å². The number of hydrogen-bond acceptors (Lipinski definition) is 3. The summed E-state index contributed by atoms with van der Waals surface area (Å²) in [5.41, 5.74) is 0. The molecule has 1 aliphatic heterocycles. The maximum atomic E-state index is 10.4. The van der Waals surface area contributed by atoms with Gasteiger partial charge in [0, 0.05) is 28.8 Å². The number of hydrogen-bond donors (Lipinski definition) is 0. The number of aldehydes is 1. The van der Waals surface area contributed by atoms with Gasteiger partial charge in [-0.1, -0.05) is 0 Å². The highest BCUT2D eigenvalue weighted by Crippen LogP contribution is 2.21. The molecule has 0 aromatic carbocycles. The van der Waals surface area contributed by atoms with Gasteiger partial charge in [0.1, 0.15) is 12.1 Å². The molecule has 0 N–H and O–H groups in total. The fourth-order valence-corrected chi connectivity index (χ4v) is 1.66. The molecule has 1 fully saturated rings. The topological polar surface area (TPSA) is 33.2 Å². The van der Waals surface area contributed by atoms with Crippen LogP contribution in [0, 0.1) is 9.49 Å². The maximum Gasteiger partial charge on any atom is 0.128 e. The Balaban J connectivity index is 2.03. The van der Waals surface area contributed by atoms with Crippen molar-refractivity contribution >= 4 is 34.7 Å². The fourth-order valence-electron chi connectivity index (χ4n) is 1.34. The normalized spacial score (nSPS) is 16.8. The monoisotopic (exact) mass is 288 g/mol. The second-order valence-electron chi connectivity index (χ2n) is 3.14. The average Bonchev–Trinajstić information content (AvgIpc) is 2.06. The molecule has 1 aliphatic rings. The molecule has 3 nitrogen and oxygen atoms in total. The van der Waals surface area contributed by atoms with Crippen molar-refractivity contribution in [1.29, 1.82) is 0 Å². The third-order valence-electron chi connectivity index (χ3n) is 2.14. The molecule has 0 amide bonds. The Morgan fingerprint density at radius 3 is 2.85 bits per heavy atom. The summed E-state index contributed by atoms with van der Waals surface area (Å²) < 4.78 is 1.13. The number of rotatable bonds is 2. The summed E-state index contributed by atoms with van der Waals surface area (Å²) in [6.07, 6.45) is 2.85. The van der Waals surface area contributed by atoms with Crippen LogP contribution in [0.5, 0.6) is 0 Å². The number of pyridine rings is 1. The van der Waals surface area contributed by atoms with Gasteiger partial charge in [0.15, 0.2) is 0 Å². The average molecular weight is 288 g/mol. The van der Waals surface area contributed by atoms with Gasteiger partial charge in [-0.3, -0.25) is 0 Å². The number of carbonyl (C=O) groups is 1. The number of nitrogens with zero attached hydrogens (tertiary/aromatic N) is 2. The van der Waals surface area contributed by atoms with Gasteiger partial charge in [-0.2, -0.15) is 0 Å². The molecule has 0 saturated carbocycles. The zero-order valence-electron chi connectivity index (χ0n) is 6.98. The van der Waals surface area contributed by atoms with Gasteiger partial charge in [-0.25, -0.2) is 4.98 Å². The third-order valence-corrected chi connectivity index (χ3v) is 2.78. The highest BCUT2D eigenvalue weighted by molar-refractivity contribution is 14.1. The molecule has 1 saturated heterocycles. The molecular weight excluding hydrogens is 279 g/mol. The van der Waals surface area contributed by atoms with E-state index in [0.717, 1.165) is 28.8 Å². The fraction of sp³-hybridized carbons (Fsp3) is 0.333. The lowest BCUT2D eigenvalue weighted by atomic mass is 10.0. The van der Waals surface area contributed by atoms with Crippen LogP contribution in [-0.4, -0.2) is 24.4 Å². The first-order chi connectivity index (χ1) is 6.29. The standard InChI is InChI=1S/C9H9IN2O/c10-8-1-2-9(11-3-8)12-4-7(5-12)6-13/h1-3,6-7H,4-5H2. The first-order valence-corrected chi connectivity index (χ1v) is 5.19. The number of anilines is 1. The van der Waals surface area contributed by atoms with E-state index in [0.29, 0.717) is 0 Å². The van der Waals surface area contributed by atoms with Crippen molar-refractivity contribution in [3.05, 3.63) is 21.9 Å². The van der Waals surface area contributed by atoms with E-state index in [2.05, 4.69) is 32.5 Å². The molecule has 0 spiro atoms. The van der Waals surface area contributed by atoms with Gasteiger partial charge in [-0.05, 0) is 34.7 Å². The van der Waals surface area contributed by atoms with Crippen molar-refractivity contribution in [3.8, 4) is 0 Å². The van der Waals surface area contributed by atoms with Crippen LogP contribution in [0.3, 0.4) is 0 Å². The molecule has 2 heterocycles. The molecule has 2 rings (SSSR count). The van der Waals surface area contributed by atoms with Crippen molar-refractivity contribution in [1.82, 2.24) is 4.98 Å². The van der Waals surface area contributed by atoms with Crippen LogP contribution in [0.15, 0.2) is 18.3 Å². The summed E-state index contributed by atoms with van der Waals surface area (Å²) in [6, 6.07) is 4.01. The molecule has 1 aromatic heterocycles. The summed E-state index contributed by atoms with van der Waals surface area (Å²) in [4.78, 5) is 16.7. The van der Waals surface area contributed by atoms with E-state index in [4.69, 9.17) is 0 Å². The molecule has 13 heavy (non-hydrogen) atoms. The Morgan fingerprint density at radius 2 is 2.31 bits per heavy atom. The lowest BCUT2D eigenvalue weighted by molar-refractivity contribution is -0.111. The largest absolute Gasteiger partial charge is 0.355 e. The molecule has 0 bridgehead atoms. The number of halogens is 1. The molecule has 0 radical (unpaired) electrons. The van der Waals surface area contributed by atoms with E-state index < -0.39 is 0 Å². The Kier molecular flexibility index (Phi) is 2.48. The zero-order chi connectivity index (χ0) is 9.26. The summed E-state index contributed by atoms with van der Waals surface area (Å²) in [7, 11) is 0.